The molecule has 0 spiro atoms. The summed E-state index contributed by atoms with van der Waals surface area (Å²) < 4.78 is 0. The normalized spacial score (nSPS) is 13.9. The molecule has 358 valence electrons. The third-order valence-electron chi connectivity index (χ3n) is 15.1. The minimum Gasteiger partial charge on any atom is -0.505 e. The number of hydrogen-bond acceptors (Lipinski definition) is 5. The molecular weight excluding hydrogens is 867 g/mol. The maximum Gasteiger partial charge on any atom is 0.146 e. The van der Waals surface area contributed by atoms with Crippen molar-refractivity contribution in [3.05, 3.63) is 225 Å². The van der Waals surface area contributed by atoms with E-state index in [0.717, 1.165) is 70.6 Å². The molecule has 1 aliphatic carbocycles. The zero-order valence-corrected chi connectivity index (χ0v) is 43.2. The number of aromatic nitrogens is 3. The van der Waals surface area contributed by atoms with Gasteiger partial charge in [-0.2, -0.15) is 0 Å². The van der Waals surface area contributed by atoms with Gasteiger partial charge in [-0.3, -0.25) is 0 Å². The predicted molar refractivity (Wildman–Crippen MR) is 297 cm³/mol. The third-order valence-corrected chi connectivity index (χ3v) is 15.1. The monoisotopic (exact) mass is 934 g/mol. The molecule has 0 bridgehead atoms. The van der Waals surface area contributed by atoms with E-state index >= 15 is 0 Å². The molecule has 0 aliphatic heterocycles. The maximum atomic E-state index is 11.5. The Morgan fingerprint density at radius 3 is 1.31 bits per heavy atom. The maximum absolute atomic E-state index is 11.5. The van der Waals surface area contributed by atoms with Crippen LogP contribution in [0.2, 0.25) is 0 Å². The highest BCUT2D eigenvalue weighted by molar-refractivity contribution is 5.81. The van der Waals surface area contributed by atoms with Crippen molar-refractivity contribution in [3.8, 4) is 11.4 Å². The third kappa shape index (κ3) is 9.24. The van der Waals surface area contributed by atoms with Crippen LogP contribution in [-0.4, -0.2) is 20.1 Å². The van der Waals surface area contributed by atoms with Gasteiger partial charge in [0, 0.05) is 45.1 Å². The number of fused-ring (bicyclic) bond motifs is 1. The molecule has 1 N–H and O–H groups in total. The first-order valence-electron chi connectivity index (χ1n) is 25.4. The Labute approximate surface area is 421 Å². The number of aryl methyl sites for hydroxylation is 7. The average molecular weight is 934 g/mol. The molecule has 0 amide bonds. The van der Waals surface area contributed by atoms with Gasteiger partial charge < -0.3 is 14.9 Å². The predicted octanol–water partition coefficient (Wildman–Crippen LogP) is 17.2. The number of hydrogen-bond donors (Lipinski definition) is 1. The van der Waals surface area contributed by atoms with E-state index in [4.69, 9.17) is 10.2 Å². The van der Waals surface area contributed by atoms with Gasteiger partial charge in [0.1, 0.15) is 22.5 Å². The zero-order valence-electron chi connectivity index (χ0n) is 43.2. The van der Waals surface area contributed by atoms with Crippen LogP contribution >= 0.6 is 0 Å². The highest BCUT2D eigenvalue weighted by atomic mass is 16.3. The molecule has 71 heavy (non-hydrogen) atoms. The molecule has 9 aromatic rings. The largest absolute Gasteiger partial charge is 0.505 e. The van der Waals surface area contributed by atoms with E-state index < -0.39 is 0 Å². The number of benzene rings is 8. The van der Waals surface area contributed by atoms with Crippen molar-refractivity contribution in [2.75, 3.05) is 9.80 Å². The standard InChI is InChI=1S/C65H67N5O/c1-42-11-22-53(23-12-42)68(54-24-13-43(2)14-25-54)60-31-20-51(39-47(60)6)65(52-21-32-61(48(7)40-52)69(55-26-15-44(3)16-27-55)56-28-17-45(4)18-29-56)35-33-49(34-36-65)50-19-30-58-59(41-50)67-70(66-58)62-38-46(5)37-57(63(62)71)64(8,9)10/h11-32,37-41,49,71H,33-36H2,1-10H3. The first-order chi connectivity index (χ1) is 34.0. The Bertz CT molecular complexity index is 3130. The summed E-state index contributed by atoms with van der Waals surface area (Å²) in [5, 5.41) is 21.4. The Morgan fingerprint density at radius 2 is 0.901 bits per heavy atom. The summed E-state index contributed by atoms with van der Waals surface area (Å²) in [5.74, 6) is 0.588. The summed E-state index contributed by atoms with van der Waals surface area (Å²) in [6.07, 6.45) is 4.02. The number of rotatable bonds is 10. The fourth-order valence-corrected chi connectivity index (χ4v) is 11.0. The Balaban J connectivity index is 1.04. The molecule has 6 nitrogen and oxygen atoms in total. The first kappa shape index (κ1) is 47.2. The fourth-order valence-electron chi connectivity index (χ4n) is 11.0. The van der Waals surface area contributed by atoms with Gasteiger partial charge in [-0.1, -0.05) is 128 Å². The Kier molecular flexibility index (Phi) is 12.5. The van der Waals surface area contributed by atoms with Gasteiger partial charge in [-0.05, 0) is 198 Å². The van der Waals surface area contributed by atoms with Gasteiger partial charge in [0.25, 0.3) is 0 Å². The number of phenols is 1. The summed E-state index contributed by atoms with van der Waals surface area (Å²) in [4.78, 5) is 6.43. The number of nitrogens with zero attached hydrogens (tertiary/aromatic N) is 5. The number of phenolic OH excluding ortho intramolecular Hbond substituents is 1. The van der Waals surface area contributed by atoms with E-state index in [1.807, 2.05) is 6.07 Å². The van der Waals surface area contributed by atoms with E-state index in [1.54, 1.807) is 4.80 Å². The molecule has 1 aliphatic rings. The van der Waals surface area contributed by atoms with Crippen LogP contribution < -0.4 is 9.80 Å². The van der Waals surface area contributed by atoms with E-state index in [1.165, 1.54) is 61.4 Å². The average Bonchev–Trinajstić information content (AvgIpc) is 3.79. The molecule has 0 atom stereocenters. The molecule has 0 unspecified atom stereocenters. The quantitative estimate of drug-likeness (QED) is 0.148. The molecular formula is C65H67N5O. The smallest absolute Gasteiger partial charge is 0.146 e. The van der Waals surface area contributed by atoms with Gasteiger partial charge in [-0.15, -0.1) is 15.0 Å². The van der Waals surface area contributed by atoms with Crippen LogP contribution in [0.5, 0.6) is 5.75 Å². The minimum atomic E-state index is -0.228. The van der Waals surface area contributed by atoms with E-state index in [2.05, 4.69) is 237 Å². The number of aromatic hydroxyl groups is 1. The van der Waals surface area contributed by atoms with Crippen LogP contribution in [0.3, 0.4) is 0 Å². The highest BCUT2D eigenvalue weighted by Gasteiger charge is 2.40. The van der Waals surface area contributed by atoms with Crippen LogP contribution in [-0.2, 0) is 10.8 Å². The van der Waals surface area contributed by atoms with Gasteiger partial charge >= 0.3 is 0 Å². The molecule has 1 heterocycles. The van der Waals surface area contributed by atoms with Crippen LogP contribution in [0.1, 0.15) is 114 Å². The Morgan fingerprint density at radius 1 is 0.479 bits per heavy atom. The lowest BCUT2D eigenvalue weighted by Crippen LogP contribution is -2.33. The van der Waals surface area contributed by atoms with Gasteiger partial charge in [0.05, 0.1) is 0 Å². The van der Waals surface area contributed by atoms with Crippen molar-refractivity contribution >= 4 is 45.2 Å². The van der Waals surface area contributed by atoms with Crippen molar-refractivity contribution in [2.24, 2.45) is 0 Å². The van der Waals surface area contributed by atoms with E-state index in [9.17, 15) is 5.11 Å². The van der Waals surface area contributed by atoms with E-state index in [0.29, 0.717) is 11.6 Å². The lowest BCUT2D eigenvalue weighted by Gasteiger charge is -2.42. The summed E-state index contributed by atoms with van der Waals surface area (Å²) in [5.41, 5.74) is 22.2. The van der Waals surface area contributed by atoms with Crippen molar-refractivity contribution < 1.29 is 5.11 Å². The topological polar surface area (TPSA) is 57.4 Å². The van der Waals surface area contributed by atoms with Gasteiger partial charge in [-0.25, -0.2) is 0 Å². The van der Waals surface area contributed by atoms with Crippen LogP contribution in [0.25, 0.3) is 16.7 Å². The second-order valence-corrected chi connectivity index (χ2v) is 21.5. The van der Waals surface area contributed by atoms with Crippen molar-refractivity contribution in [1.82, 2.24) is 15.0 Å². The number of anilines is 6. The van der Waals surface area contributed by atoms with Gasteiger partial charge in [0.15, 0.2) is 0 Å². The Hall–Kier alpha value is -7.44. The minimum absolute atomic E-state index is 0.221. The van der Waals surface area contributed by atoms with Crippen molar-refractivity contribution in [3.63, 3.8) is 0 Å². The molecule has 1 fully saturated rings. The molecule has 0 radical (unpaired) electrons. The molecule has 1 saturated carbocycles. The second kappa shape index (κ2) is 18.7. The van der Waals surface area contributed by atoms with Crippen LogP contribution in [0, 0.1) is 48.5 Å². The molecule has 6 heteroatoms. The summed E-state index contributed by atoms with van der Waals surface area (Å²) >= 11 is 0. The second-order valence-electron chi connectivity index (χ2n) is 21.5. The van der Waals surface area contributed by atoms with Crippen molar-refractivity contribution in [1.29, 1.82) is 0 Å². The first-order valence-corrected chi connectivity index (χ1v) is 25.4. The molecule has 1 aromatic heterocycles. The van der Waals surface area contributed by atoms with E-state index in [-0.39, 0.29) is 16.6 Å². The SMILES string of the molecule is Cc1ccc(N(c2ccc(C)cc2)c2ccc(C3(c4ccc(N(c5ccc(C)cc5)c5ccc(C)cc5)c(C)c4)CCC(c4ccc5nn(-c6cc(C)cc(C(C)(C)C)c6O)nc5c4)CC3)cc2C)cc1. The molecule has 0 saturated heterocycles. The lowest BCUT2D eigenvalue weighted by molar-refractivity contribution is 0.315. The summed E-state index contributed by atoms with van der Waals surface area (Å²) in [7, 11) is 0. The zero-order chi connectivity index (χ0) is 49.8. The lowest BCUT2D eigenvalue weighted by atomic mass is 9.62. The molecule has 8 aromatic carbocycles. The fraction of sp³-hybridized carbons (Fsp3) is 0.262. The van der Waals surface area contributed by atoms with Crippen LogP contribution in [0.15, 0.2) is 164 Å². The highest BCUT2D eigenvalue weighted by Crippen LogP contribution is 2.52. The molecule has 10 rings (SSSR count). The summed E-state index contributed by atoms with van der Waals surface area (Å²) in [6.45, 7) is 21.6. The van der Waals surface area contributed by atoms with Gasteiger partial charge in [0.2, 0.25) is 0 Å². The van der Waals surface area contributed by atoms with Crippen molar-refractivity contribution in [2.45, 2.75) is 112 Å². The summed E-state index contributed by atoms with van der Waals surface area (Å²) in [6, 6.07) is 60.7. The van der Waals surface area contributed by atoms with Crippen LogP contribution in [0.4, 0.5) is 34.1 Å².